The van der Waals surface area contributed by atoms with Crippen LogP contribution in [0.3, 0.4) is 0 Å². The minimum absolute atomic E-state index is 0.196. The summed E-state index contributed by atoms with van der Waals surface area (Å²) >= 11 is 0. The van der Waals surface area contributed by atoms with Crippen LogP contribution < -0.4 is 20.1 Å². The Bertz CT molecular complexity index is 2470. The van der Waals surface area contributed by atoms with Crippen LogP contribution in [0.25, 0.3) is 22.0 Å². The van der Waals surface area contributed by atoms with Gasteiger partial charge in [-0.2, -0.15) is 0 Å². The Morgan fingerprint density at radius 2 is 1.58 bits per heavy atom. The standard InChI is InChI=1S/C45H51N5O8S/c1-9-30-20-31(22-34(21-30)43(51)46-14-15-57-18-19-58-17-16-55-6)23-41-47-28-35-24-32(12-13-38(35)48-41)37-25-33(11-10-29(37)2)44(52)49-39-26-36(45(3,4)5)27-40(42(39)56-7)50-59(8,53)54/h1,10-13,20-22,24-28,50H,14-19,23H2,2-8H3,(H,46,51)(H,49,52). The van der Waals surface area contributed by atoms with Crippen molar-refractivity contribution in [2.24, 2.45) is 0 Å². The molecule has 0 atom stereocenters. The van der Waals surface area contributed by atoms with Gasteiger partial charge in [0.15, 0.2) is 5.75 Å². The van der Waals surface area contributed by atoms with Crippen molar-refractivity contribution in [2.75, 3.05) is 70.1 Å². The molecule has 3 N–H and O–H groups in total. The van der Waals surface area contributed by atoms with Crippen molar-refractivity contribution in [2.45, 2.75) is 39.5 Å². The first kappa shape index (κ1) is 44.3. The van der Waals surface area contributed by atoms with Gasteiger partial charge in [-0.25, -0.2) is 18.4 Å². The number of ether oxygens (including phenoxy) is 4. The summed E-state index contributed by atoms with van der Waals surface area (Å²) < 4.78 is 48.3. The number of aryl methyl sites for hydroxylation is 1. The molecular weight excluding hydrogens is 771 g/mol. The molecule has 1 heterocycles. The number of rotatable bonds is 18. The Kier molecular flexibility index (Phi) is 14.8. The molecule has 0 aliphatic rings. The fourth-order valence-electron chi connectivity index (χ4n) is 6.24. The van der Waals surface area contributed by atoms with E-state index in [4.69, 9.17) is 30.4 Å². The van der Waals surface area contributed by atoms with Gasteiger partial charge in [-0.3, -0.25) is 14.3 Å². The van der Waals surface area contributed by atoms with E-state index in [0.717, 1.165) is 45.0 Å². The second kappa shape index (κ2) is 19.7. The van der Waals surface area contributed by atoms with Crippen molar-refractivity contribution in [3.8, 4) is 29.2 Å². The maximum Gasteiger partial charge on any atom is 0.255 e. The number of sulfonamides is 1. The average molecular weight is 822 g/mol. The van der Waals surface area contributed by atoms with Gasteiger partial charge >= 0.3 is 0 Å². The van der Waals surface area contributed by atoms with Gasteiger partial charge in [0, 0.05) is 48.3 Å². The second-order valence-corrected chi connectivity index (χ2v) is 16.7. The molecule has 5 rings (SSSR count). The van der Waals surface area contributed by atoms with Crippen LogP contribution >= 0.6 is 0 Å². The Morgan fingerprint density at radius 3 is 2.27 bits per heavy atom. The van der Waals surface area contributed by atoms with E-state index >= 15 is 0 Å². The minimum Gasteiger partial charge on any atom is -0.492 e. The number of nitrogens with zero attached hydrogens (tertiary/aromatic N) is 2. The summed E-state index contributed by atoms with van der Waals surface area (Å²) in [6.07, 6.45) is 8.91. The molecule has 59 heavy (non-hydrogen) atoms. The lowest BCUT2D eigenvalue weighted by molar-refractivity contribution is 0.0255. The zero-order chi connectivity index (χ0) is 42.7. The molecule has 0 aliphatic carbocycles. The molecule has 0 fully saturated rings. The van der Waals surface area contributed by atoms with Crippen LogP contribution in [-0.2, 0) is 36.1 Å². The van der Waals surface area contributed by atoms with Crippen LogP contribution in [0.15, 0.2) is 72.9 Å². The molecule has 2 amide bonds. The predicted molar refractivity (Wildman–Crippen MR) is 231 cm³/mol. The summed E-state index contributed by atoms with van der Waals surface area (Å²) in [4.78, 5) is 36.2. The summed E-state index contributed by atoms with van der Waals surface area (Å²) in [5, 5.41) is 6.61. The van der Waals surface area contributed by atoms with Crippen molar-refractivity contribution in [3.63, 3.8) is 0 Å². The third-order valence-corrected chi connectivity index (χ3v) is 9.85. The highest BCUT2D eigenvalue weighted by Gasteiger charge is 2.23. The summed E-state index contributed by atoms with van der Waals surface area (Å²) in [6, 6.07) is 20.1. The fourth-order valence-corrected chi connectivity index (χ4v) is 6.79. The van der Waals surface area contributed by atoms with Gasteiger partial charge in [-0.05, 0) is 94.8 Å². The van der Waals surface area contributed by atoms with Gasteiger partial charge < -0.3 is 29.6 Å². The first-order valence-corrected chi connectivity index (χ1v) is 20.9. The molecule has 0 saturated heterocycles. The molecule has 4 aromatic carbocycles. The molecule has 1 aromatic heterocycles. The summed E-state index contributed by atoms with van der Waals surface area (Å²) in [7, 11) is -0.602. The SMILES string of the molecule is C#Cc1cc(Cc2ncc3cc(-c4cc(C(=O)Nc5cc(C(C)(C)C)cc(NS(C)(=O)=O)c5OC)ccc4C)ccc3n2)cc(C(=O)NCCOCCOCCOC)c1. The Balaban J connectivity index is 1.31. The van der Waals surface area contributed by atoms with Crippen LogP contribution in [0.1, 0.15) is 69.6 Å². The molecule has 0 saturated carbocycles. The highest BCUT2D eigenvalue weighted by atomic mass is 32.2. The topological polar surface area (TPSA) is 167 Å². The molecule has 310 valence electrons. The number of terminal acetylenes is 1. The third-order valence-electron chi connectivity index (χ3n) is 9.26. The summed E-state index contributed by atoms with van der Waals surface area (Å²) in [6.45, 7) is 10.5. The zero-order valence-electron chi connectivity index (χ0n) is 34.5. The number of fused-ring (bicyclic) bond motifs is 1. The number of amides is 2. The average Bonchev–Trinajstić information content (AvgIpc) is 3.19. The zero-order valence-corrected chi connectivity index (χ0v) is 35.3. The number of aromatic nitrogens is 2. The first-order chi connectivity index (χ1) is 28.1. The molecule has 0 bridgehead atoms. The molecule has 0 radical (unpaired) electrons. The highest BCUT2D eigenvalue weighted by molar-refractivity contribution is 7.92. The normalized spacial score (nSPS) is 11.6. The summed E-state index contributed by atoms with van der Waals surface area (Å²) in [5.41, 5.74) is 6.58. The molecule has 0 spiro atoms. The lowest BCUT2D eigenvalue weighted by atomic mass is 9.86. The van der Waals surface area contributed by atoms with Gasteiger partial charge in [0.25, 0.3) is 11.8 Å². The lowest BCUT2D eigenvalue weighted by Crippen LogP contribution is -2.28. The molecule has 13 nitrogen and oxygen atoms in total. The van der Waals surface area contributed by atoms with E-state index in [-0.39, 0.29) is 22.8 Å². The van der Waals surface area contributed by atoms with Gasteiger partial charge in [0.1, 0.15) is 5.82 Å². The monoisotopic (exact) mass is 821 g/mol. The van der Waals surface area contributed by atoms with Crippen LogP contribution in [0, 0.1) is 19.3 Å². The second-order valence-electron chi connectivity index (χ2n) is 15.0. The van der Waals surface area contributed by atoms with Crippen LogP contribution in [0.2, 0.25) is 0 Å². The van der Waals surface area contributed by atoms with Gasteiger partial charge in [0.05, 0.1) is 63.3 Å². The Hall–Kier alpha value is -5.85. The Morgan fingerprint density at radius 1 is 0.847 bits per heavy atom. The largest absolute Gasteiger partial charge is 0.492 e. The quantitative estimate of drug-likeness (QED) is 0.0655. The van der Waals surface area contributed by atoms with Crippen molar-refractivity contribution in [1.29, 1.82) is 0 Å². The first-order valence-electron chi connectivity index (χ1n) is 19.0. The smallest absolute Gasteiger partial charge is 0.255 e. The van der Waals surface area contributed by atoms with Gasteiger partial charge in [-0.15, -0.1) is 6.42 Å². The van der Waals surface area contributed by atoms with Crippen LogP contribution in [-0.4, -0.2) is 90.3 Å². The summed E-state index contributed by atoms with van der Waals surface area (Å²) in [5.74, 6) is 2.73. The van der Waals surface area contributed by atoms with Crippen molar-refractivity contribution >= 4 is 44.1 Å². The number of carbonyl (C=O) groups is 2. The number of hydrogen-bond acceptors (Lipinski definition) is 10. The predicted octanol–water partition coefficient (Wildman–Crippen LogP) is 6.52. The highest BCUT2D eigenvalue weighted by Crippen LogP contribution is 2.39. The third kappa shape index (κ3) is 12.3. The number of benzene rings is 4. The molecule has 0 aliphatic heterocycles. The molecule has 5 aromatic rings. The van der Waals surface area contributed by atoms with Crippen LogP contribution in [0.4, 0.5) is 11.4 Å². The van der Waals surface area contributed by atoms with E-state index in [1.165, 1.54) is 7.11 Å². The number of carbonyl (C=O) groups excluding carboxylic acids is 2. The van der Waals surface area contributed by atoms with Gasteiger partial charge in [-0.1, -0.05) is 38.8 Å². The maximum atomic E-state index is 13.8. The van der Waals surface area contributed by atoms with E-state index in [1.807, 2.05) is 64.1 Å². The molecule has 14 heteroatoms. The van der Waals surface area contributed by atoms with Crippen molar-refractivity contribution in [3.05, 3.63) is 112 Å². The maximum absolute atomic E-state index is 13.8. The Labute approximate surface area is 346 Å². The minimum atomic E-state index is -3.64. The van der Waals surface area contributed by atoms with E-state index in [1.54, 1.807) is 43.6 Å². The van der Waals surface area contributed by atoms with Crippen molar-refractivity contribution in [1.82, 2.24) is 15.3 Å². The lowest BCUT2D eigenvalue weighted by Gasteiger charge is -2.24. The van der Waals surface area contributed by atoms with E-state index in [9.17, 15) is 18.0 Å². The molecular formula is C45H51N5O8S. The fraction of sp³-hybridized carbons (Fsp3) is 0.333. The van der Waals surface area contributed by atoms with Gasteiger partial charge in [0.2, 0.25) is 10.0 Å². The number of methoxy groups -OCH3 is 2. The number of anilines is 2. The molecule has 0 unspecified atom stereocenters. The van der Waals surface area contributed by atoms with Crippen LogP contribution in [0.5, 0.6) is 5.75 Å². The van der Waals surface area contributed by atoms with E-state index in [2.05, 4.69) is 26.3 Å². The van der Waals surface area contributed by atoms with E-state index in [0.29, 0.717) is 74.2 Å². The van der Waals surface area contributed by atoms with Crippen molar-refractivity contribution < 1.29 is 37.0 Å². The number of nitrogens with one attached hydrogen (secondary N) is 3. The number of hydrogen-bond donors (Lipinski definition) is 3. The van der Waals surface area contributed by atoms with E-state index < -0.39 is 15.9 Å².